The molecular formula is C14H17NO3. The molecule has 1 fully saturated rings. The normalized spacial score (nSPS) is 23.1. The van der Waals surface area contributed by atoms with E-state index >= 15 is 0 Å². The lowest BCUT2D eigenvalue weighted by Crippen LogP contribution is -2.41. The van der Waals surface area contributed by atoms with Crippen molar-refractivity contribution in [1.29, 1.82) is 0 Å². The number of nitrogens with zero attached hydrogens (tertiary/aromatic N) is 1. The topological polar surface area (TPSA) is 38.8 Å². The molecule has 0 aliphatic carbocycles. The van der Waals surface area contributed by atoms with Crippen LogP contribution in [0.5, 0.6) is 11.5 Å². The largest absolute Gasteiger partial charge is 0.486 e. The van der Waals surface area contributed by atoms with E-state index in [0.29, 0.717) is 31.8 Å². The number of carbonyl (C=O) groups is 1. The zero-order valence-corrected chi connectivity index (χ0v) is 10.5. The molecule has 96 valence electrons. The molecule has 1 unspecified atom stereocenters. The average Bonchev–Trinajstić information content (AvgIpc) is 2.38. The van der Waals surface area contributed by atoms with Crippen LogP contribution in [-0.4, -0.2) is 31.6 Å². The Morgan fingerprint density at radius 1 is 1.22 bits per heavy atom. The van der Waals surface area contributed by atoms with Crippen molar-refractivity contribution in [2.75, 3.05) is 24.7 Å². The quantitative estimate of drug-likeness (QED) is 0.761. The van der Waals surface area contributed by atoms with E-state index in [0.717, 1.165) is 23.7 Å². The molecule has 0 amide bonds. The van der Waals surface area contributed by atoms with Crippen LogP contribution in [0.4, 0.5) is 5.69 Å². The summed E-state index contributed by atoms with van der Waals surface area (Å²) < 4.78 is 11.1. The summed E-state index contributed by atoms with van der Waals surface area (Å²) in [6.45, 7) is 4.10. The van der Waals surface area contributed by atoms with Gasteiger partial charge in [0.1, 0.15) is 19.0 Å². The molecule has 2 aliphatic heterocycles. The predicted octanol–water partition coefficient (Wildman–Crippen LogP) is 2.02. The van der Waals surface area contributed by atoms with Gasteiger partial charge in [-0.05, 0) is 19.1 Å². The molecule has 1 atom stereocenters. The van der Waals surface area contributed by atoms with Crippen molar-refractivity contribution in [3.8, 4) is 11.5 Å². The molecule has 4 nitrogen and oxygen atoms in total. The van der Waals surface area contributed by atoms with Crippen LogP contribution in [0.1, 0.15) is 19.8 Å². The van der Waals surface area contributed by atoms with Gasteiger partial charge in [-0.15, -0.1) is 0 Å². The van der Waals surface area contributed by atoms with E-state index in [9.17, 15) is 4.79 Å². The molecule has 0 N–H and O–H groups in total. The van der Waals surface area contributed by atoms with Crippen LogP contribution in [0.3, 0.4) is 0 Å². The molecule has 0 radical (unpaired) electrons. The predicted molar refractivity (Wildman–Crippen MR) is 68.5 cm³/mol. The van der Waals surface area contributed by atoms with Gasteiger partial charge in [0.25, 0.3) is 0 Å². The van der Waals surface area contributed by atoms with Crippen molar-refractivity contribution in [3.05, 3.63) is 18.2 Å². The lowest BCUT2D eigenvalue weighted by molar-refractivity contribution is -0.120. The lowest BCUT2D eigenvalue weighted by Gasteiger charge is -2.35. The van der Waals surface area contributed by atoms with Crippen molar-refractivity contribution in [1.82, 2.24) is 0 Å². The summed E-state index contributed by atoms with van der Waals surface area (Å²) in [7, 11) is 0. The van der Waals surface area contributed by atoms with Gasteiger partial charge in [-0.25, -0.2) is 0 Å². The standard InChI is InChI=1S/C14H17NO3/c1-10-8-12(16)4-5-15(10)11-2-3-13-14(9-11)18-7-6-17-13/h2-3,9-10H,4-8H2,1H3. The first-order chi connectivity index (χ1) is 8.74. The number of hydrogen-bond donors (Lipinski definition) is 0. The van der Waals surface area contributed by atoms with Crippen molar-refractivity contribution in [3.63, 3.8) is 0 Å². The van der Waals surface area contributed by atoms with E-state index in [1.54, 1.807) is 0 Å². The number of fused-ring (bicyclic) bond motifs is 1. The Hall–Kier alpha value is -1.71. The first-order valence-electron chi connectivity index (χ1n) is 6.42. The molecule has 3 rings (SSSR count). The minimum Gasteiger partial charge on any atom is -0.486 e. The first-order valence-corrected chi connectivity index (χ1v) is 6.42. The molecule has 18 heavy (non-hydrogen) atoms. The highest BCUT2D eigenvalue weighted by Gasteiger charge is 2.24. The van der Waals surface area contributed by atoms with Gasteiger partial charge in [0.2, 0.25) is 0 Å². The Balaban J connectivity index is 1.85. The average molecular weight is 247 g/mol. The van der Waals surface area contributed by atoms with E-state index in [4.69, 9.17) is 9.47 Å². The highest BCUT2D eigenvalue weighted by atomic mass is 16.6. The fourth-order valence-electron chi connectivity index (χ4n) is 2.60. The van der Waals surface area contributed by atoms with E-state index in [1.807, 2.05) is 18.2 Å². The number of ketones is 1. The lowest BCUT2D eigenvalue weighted by atomic mass is 10.0. The number of carbonyl (C=O) groups excluding carboxylic acids is 1. The monoisotopic (exact) mass is 247 g/mol. The first kappa shape index (κ1) is 11.4. The Labute approximate surface area is 106 Å². The number of anilines is 1. The van der Waals surface area contributed by atoms with Gasteiger partial charge in [-0.3, -0.25) is 4.79 Å². The molecule has 2 aliphatic rings. The number of benzene rings is 1. The second-order valence-electron chi connectivity index (χ2n) is 4.86. The summed E-state index contributed by atoms with van der Waals surface area (Å²) in [6.07, 6.45) is 1.27. The van der Waals surface area contributed by atoms with Crippen molar-refractivity contribution >= 4 is 11.5 Å². The molecule has 0 bridgehead atoms. The van der Waals surface area contributed by atoms with Crippen LogP contribution >= 0.6 is 0 Å². The van der Waals surface area contributed by atoms with E-state index in [1.165, 1.54) is 0 Å². The van der Waals surface area contributed by atoms with Crippen LogP contribution in [-0.2, 0) is 4.79 Å². The Kier molecular flexibility index (Phi) is 2.86. The van der Waals surface area contributed by atoms with Gasteiger partial charge in [0, 0.05) is 37.2 Å². The summed E-state index contributed by atoms with van der Waals surface area (Å²) in [5.41, 5.74) is 1.11. The second kappa shape index (κ2) is 4.52. The van der Waals surface area contributed by atoms with Crippen molar-refractivity contribution in [2.24, 2.45) is 0 Å². The van der Waals surface area contributed by atoms with Gasteiger partial charge in [-0.1, -0.05) is 0 Å². The van der Waals surface area contributed by atoms with Crippen LogP contribution in [0.2, 0.25) is 0 Å². The summed E-state index contributed by atoms with van der Waals surface area (Å²) in [4.78, 5) is 13.7. The number of piperidine rings is 1. The second-order valence-corrected chi connectivity index (χ2v) is 4.86. The maximum Gasteiger partial charge on any atom is 0.163 e. The van der Waals surface area contributed by atoms with Crippen LogP contribution in [0, 0.1) is 0 Å². The molecular weight excluding hydrogens is 230 g/mol. The van der Waals surface area contributed by atoms with Crippen molar-refractivity contribution in [2.45, 2.75) is 25.8 Å². The van der Waals surface area contributed by atoms with E-state index in [2.05, 4.69) is 11.8 Å². The third-order valence-corrected chi connectivity index (χ3v) is 3.54. The van der Waals surface area contributed by atoms with Crippen LogP contribution in [0.25, 0.3) is 0 Å². The molecule has 1 aromatic carbocycles. The molecule has 4 heteroatoms. The SMILES string of the molecule is CC1CC(=O)CCN1c1ccc2c(c1)OCCO2. The van der Waals surface area contributed by atoms with Gasteiger partial charge in [0.05, 0.1) is 0 Å². The van der Waals surface area contributed by atoms with Gasteiger partial charge in [-0.2, -0.15) is 0 Å². The Morgan fingerprint density at radius 2 is 2.00 bits per heavy atom. The number of hydrogen-bond acceptors (Lipinski definition) is 4. The molecule has 2 heterocycles. The molecule has 0 spiro atoms. The zero-order chi connectivity index (χ0) is 12.5. The van der Waals surface area contributed by atoms with E-state index < -0.39 is 0 Å². The third kappa shape index (κ3) is 2.03. The zero-order valence-electron chi connectivity index (χ0n) is 10.5. The number of Topliss-reactive ketones (excluding diaryl/α,β-unsaturated/α-hetero) is 1. The fourth-order valence-corrected chi connectivity index (χ4v) is 2.60. The third-order valence-electron chi connectivity index (χ3n) is 3.54. The summed E-state index contributed by atoms with van der Waals surface area (Å²) in [5, 5.41) is 0. The van der Waals surface area contributed by atoms with Crippen LogP contribution < -0.4 is 14.4 Å². The Morgan fingerprint density at radius 3 is 2.78 bits per heavy atom. The Bertz CT molecular complexity index is 472. The molecule has 1 aromatic rings. The molecule has 1 saturated heterocycles. The highest BCUT2D eigenvalue weighted by molar-refractivity contribution is 5.81. The smallest absolute Gasteiger partial charge is 0.163 e. The minimum absolute atomic E-state index is 0.258. The highest BCUT2D eigenvalue weighted by Crippen LogP contribution is 2.35. The van der Waals surface area contributed by atoms with E-state index in [-0.39, 0.29) is 6.04 Å². The molecule has 0 aromatic heterocycles. The number of ether oxygens (including phenoxy) is 2. The summed E-state index contributed by atoms with van der Waals surface area (Å²) in [5.74, 6) is 1.98. The van der Waals surface area contributed by atoms with Gasteiger partial charge >= 0.3 is 0 Å². The molecule has 0 saturated carbocycles. The van der Waals surface area contributed by atoms with Crippen molar-refractivity contribution < 1.29 is 14.3 Å². The van der Waals surface area contributed by atoms with Crippen LogP contribution in [0.15, 0.2) is 18.2 Å². The summed E-state index contributed by atoms with van der Waals surface area (Å²) >= 11 is 0. The maximum absolute atomic E-state index is 11.4. The summed E-state index contributed by atoms with van der Waals surface area (Å²) in [6, 6.07) is 6.27. The fraction of sp³-hybridized carbons (Fsp3) is 0.500. The minimum atomic E-state index is 0.258. The van der Waals surface area contributed by atoms with Gasteiger partial charge < -0.3 is 14.4 Å². The maximum atomic E-state index is 11.4. The van der Waals surface area contributed by atoms with Gasteiger partial charge in [0.15, 0.2) is 11.5 Å². The number of rotatable bonds is 1.